The number of para-hydroxylation sites is 1. The molecule has 2 N–H and O–H groups in total. The number of nitrogens with one attached hydrogen (secondary N) is 2. The van der Waals surface area contributed by atoms with Crippen molar-refractivity contribution < 1.29 is 4.79 Å². The van der Waals surface area contributed by atoms with Gasteiger partial charge in [0.1, 0.15) is 0 Å². The molecule has 2 aromatic carbocycles. The number of amides is 1. The van der Waals surface area contributed by atoms with E-state index in [0.29, 0.717) is 17.3 Å². The summed E-state index contributed by atoms with van der Waals surface area (Å²) in [6.45, 7) is 0.614. The van der Waals surface area contributed by atoms with Crippen LogP contribution in [0.25, 0.3) is 0 Å². The summed E-state index contributed by atoms with van der Waals surface area (Å²) >= 11 is 9.37. The standard InChI is InChI=1S/C15H12BrClN2O/c16-12-6-5-9(17)7-14(12)19-15(20)11-8-18-13-4-2-1-3-10(11)13/h1-7,11,18H,8H2,(H,19,20). The monoisotopic (exact) mass is 350 g/mol. The van der Waals surface area contributed by atoms with E-state index in [9.17, 15) is 4.79 Å². The Balaban J connectivity index is 1.83. The molecule has 2 aromatic rings. The van der Waals surface area contributed by atoms with E-state index in [0.717, 1.165) is 15.7 Å². The molecular formula is C15H12BrClN2O. The number of hydrogen-bond acceptors (Lipinski definition) is 2. The summed E-state index contributed by atoms with van der Waals surface area (Å²) in [7, 11) is 0. The predicted molar refractivity (Wildman–Crippen MR) is 85.5 cm³/mol. The summed E-state index contributed by atoms with van der Waals surface area (Å²) in [4.78, 5) is 12.4. The third kappa shape index (κ3) is 2.53. The van der Waals surface area contributed by atoms with Gasteiger partial charge in [-0.1, -0.05) is 29.8 Å². The molecular weight excluding hydrogens is 340 g/mol. The van der Waals surface area contributed by atoms with Crippen molar-refractivity contribution >= 4 is 44.8 Å². The summed E-state index contributed by atoms with van der Waals surface area (Å²) in [5.74, 6) is -0.220. The Labute approximate surface area is 130 Å². The second-order valence-corrected chi connectivity index (χ2v) is 5.92. The van der Waals surface area contributed by atoms with Crippen LogP contribution in [0.5, 0.6) is 0 Å². The number of anilines is 2. The van der Waals surface area contributed by atoms with Crippen LogP contribution < -0.4 is 10.6 Å². The van der Waals surface area contributed by atoms with Crippen LogP contribution in [0.4, 0.5) is 11.4 Å². The maximum atomic E-state index is 12.4. The summed E-state index contributed by atoms with van der Waals surface area (Å²) in [5.41, 5.74) is 2.74. The van der Waals surface area contributed by atoms with Gasteiger partial charge >= 0.3 is 0 Å². The second-order valence-electron chi connectivity index (χ2n) is 4.63. The van der Waals surface area contributed by atoms with Gasteiger partial charge in [0.15, 0.2) is 0 Å². The molecule has 1 heterocycles. The Bertz CT molecular complexity index is 675. The van der Waals surface area contributed by atoms with Crippen LogP contribution >= 0.6 is 27.5 Å². The Kier molecular flexibility index (Phi) is 3.68. The van der Waals surface area contributed by atoms with Gasteiger partial charge in [-0.05, 0) is 45.8 Å². The lowest BCUT2D eigenvalue weighted by atomic mass is 10.0. The first-order valence-electron chi connectivity index (χ1n) is 6.24. The normalized spacial score (nSPS) is 16.4. The summed E-state index contributed by atoms with van der Waals surface area (Å²) < 4.78 is 0.814. The quantitative estimate of drug-likeness (QED) is 0.849. The minimum absolute atomic E-state index is 0.0367. The van der Waals surface area contributed by atoms with Crippen molar-refractivity contribution in [1.29, 1.82) is 0 Å². The van der Waals surface area contributed by atoms with Crippen molar-refractivity contribution in [3.63, 3.8) is 0 Å². The molecule has 102 valence electrons. The van der Waals surface area contributed by atoms with Crippen molar-refractivity contribution in [3.8, 4) is 0 Å². The van der Waals surface area contributed by atoms with E-state index in [1.54, 1.807) is 12.1 Å². The van der Waals surface area contributed by atoms with Gasteiger partial charge < -0.3 is 10.6 Å². The van der Waals surface area contributed by atoms with Crippen LogP contribution in [-0.4, -0.2) is 12.5 Å². The lowest BCUT2D eigenvalue weighted by molar-refractivity contribution is -0.117. The maximum Gasteiger partial charge on any atom is 0.233 e. The fraction of sp³-hybridized carbons (Fsp3) is 0.133. The third-order valence-electron chi connectivity index (χ3n) is 3.34. The van der Waals surface area contributed by atoms with E-state index in [1.165, 1.54) is 0 Å². The van der Waals surface area contributed by atoms with Gasteiger partial charge in [-0.15, -0.1) is 0 Å². The first-order valence-corrected chi connectivity index (χ1v) is 7.41. The van der Waals surface area contributed by atoms with Crippen LogP contribution in [0.15, 0.2) is 46.9 Å². The number of rotatable bonds is 2. The van der Waals surface area contributed by atoms with Gasteiger partial charge in [-0.25, -0.2) is 0 Å². The van der Waals surface area contributed by atoms with Crippen molar-refractivity contribution in [3.05, 3.63) is 57.5 Å². The SMILES string of the molecule is O=C(Nc1cc(Cl)ccc1Br)C1CNc2ccccc21. The zero-order chi connectivity index (χ0) is 14.1. The summed E-state index contributed by atoms with van der Waals surface area (Å²) in [5, 5.41) is 6.76. The molecule has 5 heteroatoms. The molecule has 0 saturated heterocycles. The molecule has 0 radical (unpaired) electrons. The highest BCUT2D eigenvalue weighted by molar-refractivity contribution is 9.10. The number of carbonyl (C=O) groups excluding carboxylic acids is 1. The molecule has 1 unspecified atom stereocenters. The average Bonchev–Trinajstić information content (AvgIpc) is 2.87. The van der Waals surface area contributed by atoms with E-state index < -0.39 is 0 Å². The predicted octanol–water partition coefficient (Wildman–Crippen LogP) is 4.25. The first-order chi connectivity index (χ1) is 9.65. The molecule has 0 fully saturated rings. The van der Waals surface area contributed by atoms with Crippen LogP contribution in [0.2, 0.25) is 5.02 Å². The number of benzene rings is 2. The molecule has 0 spiro atoms. The van der Waals surface area contributed by atoms with Crippen molar-refractivity contribution in [2.45, 2.75) is 5.92 Å². The van der Waals surface area contributed by atoms with Gasteiger partial charge in [-0.2, -0.15) is 0 Å². The summed E-state index contributed by atoms with van der Waals surface area (Å²) in [6.07, 6.45) is 0. The fourth-order valence-electron chi connectivity index (χ4n) is 2.33. The number of carbonyl (C=O) groups is 1. The van der Waals surface area contributed by atoms with Gasteiger partial charge in [0, 0.05) is 21.7 Å². The van der Waals surface area contributed by atoms with Crippen LogP contribution in [0, 0.1) is 0 Å². The van der Waals surface area contributed by atoms with Crippen molar-refractivity contribution in [1.82, 2.24) is 0 Å². The topological polar surface area (TPSA) is 41.1 Å². The second kappa shape index (κ2) is 5.46. The minimum Gasteiger partial charge on any atom is -0.384 e. The van der Waals surface area contributed by atoms with E-state index in [4.69, 9.17) is 11.6 Å². The molecule has 3 rings (SSSR count). The highest BCUT2D eigenvalue weighted by Crippen LogP contribution is 2.33. The first kappa shape index (κ1) is 13.5. The molecule has 0 aliphatic carbocycles. The molecule has 0 aromatic heterocycles. The molecule has 1 atom stereocenters. The van der Waals surface area contributed by atoms with E-state index in [1.807, 2.05) is 30.3 Å². The smallest absolute Gasteiger partial charge is 0.233 e. The van der Waals surface area contributed by atoms with E-state index in [-0.39, 0.29) is 11.8 Å². The molecule has 1 aliphatic heterocycles. The number of halogens is 2. The van der Waals surface area contributed by atoms with Crippen LogP contribution in [0.3, 0.4) is 0 Å². The lowest BCUT2D eigenvalue weighted by Crippen LogP contribution is -2.22. The fourth-order valence-corrected chi connectivity index (χ4v) is 2.85. The van der Waals surface area contributed by atoms with E-state index in [2.05, 4.69) is 26.6 Å². The zero-order valence-corrected chi connectivity index (χ0v) is 12.8. The molecule has 0 bridgehead atoms. The Hall–Kier alpha value is -1.52. The largest absolute Gasteiger partial charge is 0.384 e. The molecule has 0 saturated carbocycles. The van der Waals surface area contributed by atoms with Crippen molar-refractivity contribution in [2.24, 2.45) is 0 Å². The molecule has 3 nitrogen and oxygen atoms in total. The average molecular weight is 352 g/mol. The number of fused-ring (bicyclic) bond motifs is 1. The highest BCUT2D eigenvalue weighted by atomic mass is 79.9. The van der Waals surface area contributed by atoms with Crippen LogP contribution in [-0.2, 0) is 4.79 Å². The minimum atomic E-state index is -0.183. The van der Waals surface area contributed by atoms with Gasteiger partial charge in [0.05, 0.1) is 11.6 Å². The van der Waals surface area contributed by atoms with Gasteiger partial charge in [0.25, 0.3) is 0 Å². The number of hydrogen-bond donors (Lipinski definition) is 2. The Morgan fingerprint density at radius 2 is 2.10 bits per heavy atom. The zero-order valence-electron chi connectivity index (χ0n) is 10.5. The summed E-state index contributed by atoms with van der Waals surface area (Å²) in [6, 6.07) is 13.2. The molecule has 20 heavy (non-hydrogen) atoms. The highest BCUT2D eigenvalue weighted by Gasteiger charge is 2.28. The van der Waals surface area contributed by atoms with Crippen LogP contribution in [0.1, 0.15) is 11.5 Å². The molecule has 1 amide bonds. The maximum absolute atomic E-state index is 12.4. The van der Waals surface area contributed by atoms with E-state index >= 15 is 0 Å². The molecule has 1 aliphatic rings. The Morgan fingerprint density at radius 3 is 2.95 bits per heavy atom. The Morgan fingerprint density at radius 1 is 1.30 bits per heavy atom. The lowest BCUT2D eigenvalue weighted by Gasteiger charge is -2.12. The van der Waals surface area contributed by atoms with Crippen molar-refractivity contribution in [2.75, 3.05) is 17.2 Å². The van der Waals surface area contributed by atoms with Gasteiger partial charge in [-0.3, -0.25) is 4.79 Å². The third-order valence-corrected chi connectivity index (χ3v) is 4.26. The van der Waals surface area contributed by atoms with Gasteiger partial charge in [0.2, 0.25) is 5.91 Å².